The highest BCUT2D eigenvalue weighted by Gasteiger charge is 2.38. The summed E-state index contributed by atoms with van der Waals surface area (Å²) in [5, 5.41) is 12.8. The zero-order valence-corrected chi connectivity index (χ0v) is 23.4. The molecule has 3 aromatic rings. The van der Waals surface area contributed by atoms with Crippen molar-refractivity contribution in [3.8, 4) is 0 Å². The number of benzene rings is 2. The van der Waals surface area contributed by atoms with E-state index in [4.69, 9.17) is 9.90 Å². The van der Waals surface area contributed by atoms with Crippen molar-refractivity contribution in [2.75, 3.05) is 40.3 Å². The molecule has 216 valence electrons. The number of nitrogens with one attached hydrogen (secondary N) is 1. The molecule has 4 rings (SSSR count). The van der Waals surface area contributed by atoms with Crippen LogP contribution in [0.25, 0.3) is 10.1 Å². The number of amides is 1. The Morgan fingerprint density at radius 1 is 1.07 bits per heavy atom. The monoisotopic (exact) mass is 598 g/mol. The molecule has 2 N–H and O–H groups in total. The number of rotatable bonds is 9. The highest BCUT2D eigenvalue weighted by atomic mass is 32.2. The van der Waals surface area contributed by atoms with Crippen molar-refractivity contribution in [3.05, 3.63) is 65.0 Å². The lowest BCUT2D eigenvalue weighted by Crippen LogP contribution is -2.34. The van der Waals surface area contributed by atoms with Crippen LogP contribution in [0.1, 0.15) is 17.5 Å². The zero-order chi connectivity index (χ0) is 29.5. The molecule has 40 heavy (non-hydrogen) atoms. The largest absolute Gasteiger partial charge is 0.490 e. The fourth-order valence-corrected chi connectivity index (χ4v) is 6.37. The molecular weight excluding hydrogens is 569 g/mol. The molecule has 0 spiro atoms. The number of thiophene rings is 1. The summed E-state index contributed by atoms with van der Waals surface area (Å²) < 4.78 is 60.0. The first-order valence-electron chi connectivity index (χ1n) is 12.1. The fraction of sp³-hybridized carbons (Fsp3) is 0.346. The second-order valence-electron chi connectivity index (χ2n) is 8.89. The van der Waals surface area contributed by atoms with E-state index >= 15 is 0 Å². The molecule has 2 aromatic carbocycles. The molecule has 0 atom stereocenters. The standard InChI is InChI=1S/C24H28N4O3S2.C2HF3O2/c1-27(15-11-18-7-9-19(10-8-18)24-25-13-14-26-24)23(29)12-16-28(2)33(30,31)22-17-32-21-6-4-3-5-20(21)22;3-2(4,5)1(6)7/h3-10,17H,11-16H2,1-2H3,(H,25,26);(H,6,7). The number of aliphatic carboxylic acids is 1. The zero-order valence-electron chi connectivity index (χ0n) is 21.8. The number of carbonyl (C=O) groups is 2. The van der Waals surface area contributed by atoms with Gasteiger partial charge in [0, 0.05) is 61.2 Å². The van der Waals surface area contributed by atoms with Gasteiger partial charge in [-0.25, -0.2) is 17.5 Å². The average Bonchev–Trinajstić information content (AvgIpc) is 3.61. The van der Waals surface area contributed by atoms with E-state index in [-0.39, 0.29) is 18.9 Å². The quantitative estimate of drug-likeness (QED) is 0.389. The van der Waals surface area contributed by atoms with Gasteiger partial charge in [0.15, 0.2) is 0 Å². The van der Waals surface area contributed by atoms with Gasteiger partial charge in [-0.15, -0.1) is 11.3 Å². The number of carboxylic acid groups (broad SMARTS) is 1. The van der Waals surface area contributed by atoms with Crippen LogP contribution in [-0.4, -0.2) is 86.9 Å². The van der Waals surface area contributed by atoms with E-state index in [1.807, 2.05) is 36.4 Å². The number of carboxylic acids is 1. The summed E-state index contributed by atoms with van der Waals surface area (Å²) in [5.41, 5.74) is 2.21. The lowest BCUT2D eigenvalue weighted by molar-refractivity contribution is -0.192. The number of halogens is 3. The second kappa shape index (κ2) is 13.2. The number of likely N-dealkylation sites (N-methyl/N-ethyl adjacent to an activating group) is 1. The lowest BCUT2D eigenvalue weighted by Gasteiger charge is -2.20. The van der Waals surface area contributed by atoms with Crippen molar-refractivity contribution in [1.29, 1.82) is 0 Å². The van der Waals surface area contributed by atoms with Gasteiger partial charge < -0.3 is 15.3 Å². The first-order valence-corrected chi connectivity index (χ1v) is 14.5. The highest BCUT2D eigenvalue weighted by Crippen LogP contribution is 2.30. The van der Waals surface area contributed by atoms with Crippen LogP contribution in [0.5, 0.6) is 0 Å². The van der Waals surface area contributed by atoms with Gasteiger partial charge in [0.1, 0.15) is 10.7 Å². The molecule has 0 saturated carbocycles. The third-order valence-corrected chi connectivity index (χ3v) is 9.09. The lowest BCUT2D eigenvalue weighted by atomic mass is 10.1. The first-order chi connectivity index (χ1) is 18.8. The van der Waals surface area contributed by atoms with Gasteiger partial charge >= 0.3 is 12.1 Å². The molecule has 0 fully saturated rings. The number of alkyl halides is 3. The normalized spacial score (nSPS) is 13.4. The maximum Gasteiger partial charge on any atom is 0.490 e. The van der Waals surface area contributed by atoms with Crippen LogP contribution >= 0.6 is 11.3 Å². The summed E-state index contributed by atoms with van der Waals surface area (Å²) >= 11 is 1.41. The van der Waals surface area contributed by atoms with Crippen molar-refractivity contribution >= 4 is 49.2 Å². The van der Waals surface area contributed by atoms with Gasteiger partial charge in [0.2, 0.25) is 15.9 Å². The highest BCUT2D eigenvalue weighted by molar-refractivity contribution is 7.89. The number of nitrogens with zero attached hydrogens (tertiary/aromatic N) is 3. The van der Waals surface area contributed by atoms with E-state index in [2.05, 4.69) is 22.4 Å². The Balaban J connectivity index is 0.000000559. The topological polar surface area (TPSA) is 119 Å². The van der Waals surface area contributed by atoms with Crippen molar-refractivity contribution in [1.82, 2.24) is 14.5 Å². The van der Waals surface area contributed by atoms with Crippen LogP contribution < -0.4 is 5.32 Å². The van der Waals surface area contributed by atoms with Gasteiger partial charge in [0.05, 0.1) is 6.54 Å². The molecule has 1 amide bonds. The van der Waals surface area contributed by atoms with E-state index in [9.17, 15) is 26.4 Å². The summed E-state index contributed by atoms with van der Waals surface area (Å²) in [6.07, 6.45) is -4.21. The molecule has 1 aliphatic rings. The Hall–Kier alpha value is -3.49. The van der Waals surface area contributed by atoms with E-state index in [0.29, 0.717) is 11.4 Å². The Morgan fingerprint density at radius 3 is 2.33 bits per heavy atom. The van der Waals surface area contributed by atoms with Crippen LogP contribution in [-0.2, 0) is 26.0 Å². The predicted octanol–water partition coefficient (Wildman–Crippen LogP) is 3.60. The Labute approximate surface area is 234 Å². The summed E-state index contributed by atoms with van der Waals surface area (Å²) in [6, 6.07) is 15.7. The molecule has 1 aliphatic heterocycles. The summed E-state index contributed by atoms with van der Waals surface area (Å²) in [7, 11) is -0.365. The van der Waals surface area contributed by atoms with E-state index < -0.39 is 22.2 Å². The number of carbonyl (C=O) groups excluding carboxylic acids is 1. The van der Waals surface area contributed by atoms with Gasteiger partial charge in [0.25, 0.3) is 0 Å². The molecule has 0 bridgehead atoms. The molecule has 9 nitrogen and oxygen atoms in total. The molecule has 1 aromatic heterocycles. The minimum Gasteiger partial charge on any atom is -0.475 e. The Bertz CT molecular complexity index is 1470. The maximum absolute atomic E-state index is 13.0. The summed E-state index contributed by atoms with van der Waals surface area (Å²) in [6.45, 7) is 2.40. The molecule has 0 aliphatic carbocycles. The molecule has 2 heterocycles. The van der Waals surface area contributed by atoms with Crippen LogP contribution in [0.2, 0.25) is 0 Å². The third kappa shape index (κ3) is 8.02. The summed E-state index contributed by atoms with van der Waals surface area (Å²) in [4.78, 5) is 27.9. The Kier molecular flexibility index (Phi) is 10.3. The molecule has 0 unspecified atom stereocenters. The van der Waals surface area contributed by atoms with Crippen molar-refractivity contribution in [2.45, 2.75) is 23.9 Å². The van der Waals surface area contributed by atoms with E-state index in [0.717, 1.165) is 46.6 Å². The smallest absolute Gasteiger partial charge is 0.475 e. The van der Waals surface area contributed by atoms with Crippen LogP contribution in [0.4, 0.5) is 13.2 Å². The number of fused-ring (bicyclic) bond motifs is 1. The van der Waals surface area contributed by atoms with E-state index in [1.54, 1.807) is 17.3 Å². The molecule has 0 radical (unpaired) electrons. The summed E-state index contributed by atoms with van der Waals surface area (Å²) in [5.74, 6) is -1.90. The van der Waals surface area contributed by atoms with Gasteiger partial charge in [-0.05, 0) is 18.1 Å². The molecule has 0 saturated heterocycles. The second-order valence-corrected chi connectivity index (χ2v) is 11.8. The van der Waals surface area contributed by atoms with Gasteiger partial charge in [-0.2, -0.15) is 13.2 Å². The number of hydrogen-bond acceptors (Lipinski definition) is 7. The SMILES string of the molecule is CN(CCc1ccc(C2=NCCN2)cc1)C(=O)CCN(C)S(=O)(=O)c1csc2ccccc12.O=C(O)C(F)(F)F. The third-order valence-electron chi connectivity index (χ3n) is 6.08. The Morgan fingerprint density at radius 2 is 1.73 bits per heavy atom. The van der Waals surface area contributed by atoms with Crippen molar-refractivity contribution in [2.24, 2.45) is 4.99 Å². The first kappa shape index (κ1) is 31.0. The van der Waals surface area contributed by atoms with Crippen LogP contribution in [0.3, 0.4) is 0 Å². The van der Waals surface area contributed by atoms with Gasteiger partial charge in [-0.3, -0.25) is 9.79 Å². The molecular formula is C26H29F3N4O5S2. The minimum absolute atomic E-state index is 0.0756. The fourth-order valence-electron chi connectivity index (χ4n) is 3.73. The average molecular weight is 599 g/mol. The minimum atomic E-state index is -5.08. The maximum atomic E-state index is 13.0. The number of aliphatic imine (C=N–C) groups is 1. The number of sulfonamides is 1. The van der Waals surface area contributed by atoms with Crippen molar-refractivity contribution < 1.29 is 36.3 Å². The molecule has 14 heteroatoms. The number of hydrogen-bond donors (Lipinski definition) is 2. The van der Waals surface area contributed by atoms with Crippen LogP contribution in [0, 0.1) is 0 Å². The van der Waals surface area contributed by atoms with Gasteiger partial charge in [-0.1, -0.05) is 42.5 Å². The number of amidine groups is 1. The van der Waals surface area contributed by atoms with Crippen molar-refractivity contribution in [3.63, 3.8) is 0 Å². The van der Waals surface area contributed by atoms with Crippen LogP contribution in [0.15, 0.2) is 63.8 Å². The van der Waals surface area contributed by atoms with E-state index in [1.165, 1.54) is 22.7 Å². The predicted molar refractivity (Wildman–Crippen MR) is 147 cm³/mol.